The monoisotopic (exact) mass is 362 g/mol. The van der Waals surface area contributed by atoms with E-state index in [-0.39, 0.29) is 31.3 Å². The Kier molecular flexibility index (Phi) is 6.16. The predicted octanol–water partition coefficient (Wildman–Crippen LogP) is 0.770. The maximum atomic E-state index is 12.3. The van der Waals surface area contributed by atoms with E-state index in [9.17, 15) is 19.2 Å². The molecular formula is C17H22N4O5. The van der Waals surface area contributed by atoms with Gasteiger partial charge in [-0.2, -0.15) is 0 Å². The molecule has 26 heavy (non-hydrogen) atoms. The summed E-state index contributed by atoms with van der Waals surface area (Å²) in [7, 11) is 0. The molecule has 9 heteroatoms. The highest BCUT2D eigenvalue weighted by Crippen LogP contribution is 2.28. The van der Waals surface area contributed by atoms with E-state index in [0.29, 0.717) is 11.4 Å². The number of amides is 4. The third kappa shape index (κ3) is 4.95. The van der Waals surface area contributed by atoms with Gasteiger partial charge in [0.2, 0.25) is 11.8 Å². The summed E-state index contributed by atoms with van der Waals surface area (Å²) in [6.45, 7) is 3.14. The molecule has 0 unspecified atom stereocenters. The average molecular weight is 362 g/mol. The maximum Gasteiger partial charge on any atom is 0.326 e. The fourth-order valence-electron chi connectivity index (χ4n) is 2.60. The molecule has 1 aromatic rings. The molecule has 1 aliphatic heterocycles. The van der Waals surface area contributed by atoms with Crippen LogP contribution in [0.3, 0.4) is 0 Å². The van der Waals surface area contributed by atoms with Gasteiger partial charge < -0.3 is 21.1 Å². The van der Waals surface area contributed by atoms with Crippen LogP contribution in [-0.2, 0) is 14.4 Å². The lowest BCUT2D eigenvalue weighted by atomic mass is 10.0. The van der Waals surface area contributed by atoms with Crippen LogP contribution in [0.1, 0.15) is 20.3 Å². The van der Waals surface area contributed by atoms with Gasteiger partial charge in [-0.05, 0) is 24.5 Å². The molecule has 1 heterocycles. The smallest absolute Gasteiger partial charge is 0.326 e. The van der Waals surface area contributed by atoms with Crippen molar-refractivity contribution in [3.05, 3.63) is 24.3 Å². The zero-order chi connectivity index (χ0) is 19.3. The lowest BCUT2D eigenvalue weighted by Crippen LogP contribution is -2.51. The highest BCUT2D eigenvalue weighted by Gasteiger charge is 2.27. The summed E-state index contributed by atoms with van der Waals surface area (Å²) < 4.78 is 0. The lowest BCUT2D eigenvalue weighted by Gasteiger charge is -2.29. The number of urea groups is 1. The summed E-state index contributed by atoms with van der Waals surface area (Å²) in [5, 5.41) is 16.6. The molecule has 140 valence electrons. The van der Waals surface area contributed by atoms with Crippen LogP contribution in [0.2, 0.25) is 0 Å². The third-order valence-electron chi connectivity index (χ3n) is 3.76. The molecular weight excluding hydrogens is 340 g/mol. The number of fused-ring (bicyclic) bond motifs is 1. The van der Waals surface area contributed by atoms with Crippen molar-refractivity contribution in [2.75, 3.05) is 23.3 Å². The van der Waals surface area contributed by atoms with Gasteiger partial charge in [-0.15, -0.1) is 0 Å². The molecule has 0 spiro atoms. The Morgan fingerprint density at radius 1 is 1.27 bits per heavy atom. The number of nitrogens with one attached hydrogen (secondary N) is 3. The molecule has 1 atom stereocenters. The average Bonchev–Trinajstić information content (AvgIpc) is 2.57. The molecule has 4 amide bonds. The van der Waals surface area contributed by atoms with E-state index < -0.39 is 23.9 Å². The first-order valence-corrected chi connectivity index (χ1v) is 8.24. The number of carbonyl (C=O) groups is 4. The van der Waals surface area contributed by atoms with Crippen LogP contribution in [0.4, 0.5) is 16.2 Å². The Hall–Kier alpha value is -3.10. The second-order valence-corrected chi connectivity index (χ2v) is 6.40. The van der Waals surface area contributed by atoms with Crippen molar-refractivity contribution in [1.29, 1.82) is 0 Å². The summed E-state index contributed by atoms with van der Waals surface area (Å²) in [4.78, 5) is 48.4. The first-order valence-electron chi connectivity index (χ1n) is 8.24. The molecule has 0 saturated heterocycles. The Morgan fingerprint density at radius 3 is 2.62 bits per heavy atom. The van der Waals surface area contributed by atoms with Crippen molar-refractivity contribution in [3.63, 3.8) is 0 Å². The van der Waals surface area contributed by atoms with Crippen molar-refractivity contribution in [2.24, 2.45) is 5.92 Å². The summed E-state index contributed by atoms with van der Waals surface area (Å²) in [6.07, 6.45) is 0.286. The van der Waals surface area contributed by atoms with Crippen LogP contribution >= 0.6 is 0 Å². The van der Waals surface area contributed by atoms with Gasteiger partial charge in [0.05, 0.1) is 17.9 Å². The van der Waals surface area contributed by atoms with Gasteiger partial charge in [0, 0.05) is 0 Å². The quantitative estimate of drug-likeness (QED) is 0.594. The van der Waals surface area contributed by atoms with Crippen LogP contribution in [0.25, 0.3) is 0 Å². The number of rotatable bonds is 6. The SMILES string of the molecule is CC(C)C[C@H](NC(=O)CNC(=O)N1CC(=O)Nc2ccccc21)C(=O)O. The number of para-hydroxylation sites is 2. The third-order valence-corrected chi connectivity index (χ3v) is 3.76. The number of aliphatic carboxylic acids is 1. The molecule has 2 rings (SSSR count). The molecule has 0 bridgehead atoms. The minimum absolute atomic E-state index is 0.0920. The van der Waals surface area contributed by atoms with Gasteiger partial charge in [0.1, 0.15) is 12.6 Å². The van der Waals surface area contributed by atoms with E-state index in [0.717, 1.165) is 0 Å². The molecule has 0 fully saturated rings. The zero-order valence-corrected chi connectivity index (χ0v) is 14.6. The summed E-state index contributed by atoms with van der Waals surface area (Å²) in [5.74, 6) is -1.98. The number of hydrogen-bond acceptors (Lipinski definition) is 4. The Bertz CT molecular complexity index is 719. The number of nitrogens with zero attached hydrogens (tertiary/aromatic N) is 1. The maximum absolute atomic E-state index is 12.3. The molecule has 0 aromatic heterocycles. The molecule has 0 radical (unpaired) electrons. The standard InChI is InChI=1S/C17H22N4O5/c1-10(2)7-12(16(24)25)20-14(22)8-18-17(26)21-9-15(23)19-11-5-3-4-6-13(11)21/h3-6,10,12H,7-9H2,1-2H3,(H,18,26)(H,19,23)(H,20,22)(H,24,25)/t12-/m0/s1. The van der Waals surface area contributed by atoms with E-state index in [1.54, 1.807) is 24.3 Å². The van der Waals surface area contributed by atoms with Crippen molar-refractivity contribution >= 4 is 35.2 Å². The molecule has 0 aliphatic carbocycles. The highest BCUT2D eigenvalue weighted by molar-refractivity contribution is 6.09. The van der Waals surface area contributed by atoms with Gasteiger partial charge in [0.25, 0.3) is 0 Å². The fourth-order valence-corrected chi connectivity index (χ4v) is 2.60. The summed E-state index contributed by atoms with van der Waals surface area (Å²) >= 11 is 0. The minimum Gasteiger partial charge on any atom is -0.480 e. The fraction of sp³-hybridized carbons (Fsp3) is 0.412. The lowest BCUT2D eigenvalue weighted by molar-refractivity contribution is -0.142. The molecule has 1 aliphatic rings. The summed E-state index contributed by atoms with van der Waals surface area (Å²) in [5.41, 5.74) is 1.03. The Labute approximate surface area is 150 Å². The van der Waals surface area contributed by atoms with Crippen molar-refractivity contribution in [3.8, 4) is 0 Å². The number of hydrogen-bond donors (Lipinski definition) is 4. The van der Waals surface area contributed by atoms with Crippen LogP contribution in [0.15, 0.2) is 24.3 Å². The number of carbonyl (C=O) groups excluding carboxylic acids is 3. The van der Waals surface area contributed by atoms with Gasteiger partial charge in [-0.25, -0.2) is 9.59 Å². The van der Waals surface area contributed by atoms with E-state index in [4.69, 9.17) is 5.11 Å². The van der Waals surface area contributed by atoms with E-state index in [1.165, 1.54) is 4.90 Å². The van der Waals surface area contributed by atoms with Gasteiger partial charge >= 0.3 is 12.0 Å². The topological polar surface area (TPSA) is 128 Å². The Balaban J connectivity index is 1.95. The van der Waals surface area contributed by atoms with Crippen molar-refractivity contribution in [1.82, 2.24) is 10.6 Å². The first-order chi connectivity index (χ1) is 12.3. The van der Waals surface area contributed by atoms with Crippen molar-refractivity contribution in [2.45, 2.75) is 26.3 Å². The normalized spacial score (nSPS) is 14.3. The van der Waals surface area contributed by atoms with Crippen molar-refractivity contribution < 1.29 is 24.3 Å². The first kappa shape index (κ1) is 19.2. The van der Waals surface area contributed by atoms with Crippen LogP contribution in [-0.4, -0.2) is 48.1 Å². The predicted molar refractivity (Wildman–Crippen MR) is 94.8 cm³/mol. The van der Waals surface area contributed by atoms with Gasteiger partial charge in [-0.1, -0.05) is 26.0 Å². The highest BCUT2D eigenvalue weighted by atomic mass is 16.4. The minimum atomic E-state index is -1.12. The number of anilines is 2. The van der Waals surface area contributed by atoms with E-state index >= 15 is 0 Å². The second-order valence-electron chi connectivity index (χ2n) is 6.40. The van der Waals surface area contributed by atoms with Crippen LogP contribution in [0, 0.1) is 5.92 Å². The van der Waals surface area contributed by atoms with E-state index in [2.05, 4.69) is 16.0 Å². The number of carboxylic acids is 1. The summed E-state index contributed by atoms with van der Waals surface area (Å²) in [6, 6.07) is 5.18. The number of carboxylic acid groups (broad SMARTS) is 1. The van der Waals surface area contributed by atoms with Gasteiger partial charge in [-0.3, -0.25) is 14.5 Å². The van der Waals surface area contributed by atoms with Crippen LogP contribution in [0.5, 0.6) is 0 Å². The number of benzene rings is 1. The van der Waals surface area contributed by atoms with Gasteiger partial charge in [0.15, 0.2) is 0 Å². The van der Waals surface area contributed by atoms with Crippen LogP contribution < -0.4 is 20.9 Å². The molecule has 1 aromatic carbocycles. The molecule has 4 N–H and O–H groups in total. The van der Waals surface area contributed by atoms with E-state index in [1.807, 2.05) is 13.8 Å². The molecule has 9 nitrogen and oxygen atoms in total. The zero-order valence-electron chi connectivity index (χ0n) is 14.6. The Morgan fingerprint density at radius 2 is 1.96 bits per heavy atom. The second kappa shape index (κ2) is 8.32. The largest absolute Gasteiger partial charge is 0.480 e. The molecule has 0 saturated carbocycles.